The van der Waals surface area contributed by atoms with Crippen molar-refractivity contribution in [1.29, 1.82) is 5.41 Å². The van der Waals surface area contributed by atoms with Gasteiger partial charge in [0.2, 0.25) is 0 Å². The van der Waals surface area contributed by atoms with Gasteiger partial charge in [-0.3, -0.25) is 5.41 Å². The van der Waals surface area contributed by atoms with Gasteiger partial charge in [0.05, 0.1) is 11.5 Å². The van der Waals surface area contributed by atoms with Gasteiger partial charge in [-0.2, -0.15) is 0 Å². The van der Waals surface area contributed by atoms with Crippen LogP contribution in [0.1, 0.15) is 49.3 Å². The van der Waals surface area contributed by atoms with Crippen LogP contribution in [-0.2, 0) is 9.47 Å². The van der Waals surface area contributed by atoms with Crippen LogP contribution < -0.4 is 15.2 Å². The predicted molar refractivity (Wildman–Crippen MR) is 119 cm³/mol. The van der Waals surface area contributed by atoms with Crippen molar-refractivity contribution in [2.75, 3.05) is 20.3 Å². The lowest BCUT2D eigenvalue weighted by Crippen LogP contribution is -2.30. The normalized spacial score (nSPS) is 16.8. The Morgan fingerprint density at radius 1 is 1.16 bits per heavy atom. The van der Waals surface area contributed by atoms with Crippen LogP contribution in [-0.4, -0.2) is 31.9 Å². The first-order chi connectivity index (χ1) is 14.8. The molecule has 6 heteroatoms. The van der Waals surface area contributed by atoms with E-state index in [9.17, 15) is 0 Å². The number of ether oxygens (including phenoxy) is 4. The quantitative estimate of drug-likeness (QED) is 0.411. The van der Waals surface area contributed by atoms with Crippen LogP contribution in [0.3, 0.4) is 0 Å². The van der Waals surface area contributed by atoms with Crippen LogP contribution >= 0.6 is 0 Å². The average Bonchev–Trinajstić information content (AvgIpc) is 3.58. The zero-order valence-corrected chi connectivity index (χ0v) is 18.2. The van der Waals surface area contributed by atoms with Crippen LogP contribution in [0.5, 0.6) is 17.2 Å². The lowest BCUT2D eigenvalue weighted by atomic mass is 9.87. The highest BCUT2D eigenvalue weighted by Crippen LogP contribution is 2.46. The van der Waals surface area contributed by atoms with Gasteiger partial charge in [0.25, 0.3) is 6.02 Å². The molecule has 2 aliphatic rings. The first-order valence-corrected chi connectivity index (χ1v) is 10.5. The Labute approximate surface area is 183 Å². The van der Waals surface area contributed by atoms with E-state index in [1.807, 2.05) is 50.2 Å². The lowest BCUT2D eigenvalue weighted by Gasteiger charge is -2.29. The second-order valence-electron chi connectivity index (χ2n) is 8.58. The molecule has 0 amide bonds. The fraction of sp³-hybridized carbons (Fsp3) is 0.400. The van der Waals surface area contributed by atoms with Gasteiger partial charge in [-0.25, -0.2) is 0 Å². The SMILES string of the molecule is COC(C)(C)COc1ccc2c(c1)[C@H](COC(=N)N)c1cc(C#CC3CC3)ccc1O2. The van der Waals surface area contributed by atoms with Crippen molar-refractivity contribution in [3.05, 3.63) is 53.1 Å². The molecular formula is C25H28N2O4. The number of hydrogen-bond donors (Lipinski definition) is 2. The van der Waals surface area contributed by atoms with Gasteiger partial charge in [-0.1, -0.05) is 11.8 Å². The van der Waals surface area contributed by atoms with Gasteiger partial charge in [-0.05, 0) is 63.1 Å². The Morgan fingerprint density at radius 2 is 1.87 bits per heavy atom. The molecule has 162 valence electrons. The first-order valence-electron chi connectivity index (χ1n) is 10.5. The third-order valence-electron chi connectivity index (χ3n) is 5.50. The van der Waals surface area contributed by atoms with E-state index in [0.717, 1.165) is 28.2 Å². The van der Waals surface area contributed by atoms with E-state index in [1.165, 1.54) is 12.8 Å². The van der Waals surface area contributed by atoms with E-state index >= 15 is 0 Å². The molecule has 0 radical (unpaired) electrons. The zero-order chi connectivity index (χ0) is 22.0. The molecule has 1 aliphatic carbocycles. The summed E-state index contributed by atoms with van der Waals surface area (Å²) in [6.07, 6.45) is 2.37. The van der Waals surface area contributed by atoms with Crippen LogP contribution in [0.4, 0.5) is 0 Å². The molecule has 31 heavy (non-hydrogen) atoms. The maximum absolute atomic E-state index is 7.50. The summed E-state index contributed by atoms with van der Waals surface area (Å²) >= 11 is 0. The summed E-state index contributed by atoms with van der Waals surface area (Å²) in [6, 6.07) is 11.4. The number of methoxy groups -OCH3 is 1. The van der Waals surface area contributed by atoms with Gasteiger partial charge in [-0.15, -0.1) is 0 Å². The Bertz CT molecular complexity index is 1050. The molecule has 3 N–H and O–H groups in total. The predicted octanol–water partition coefficient (Wildman–Crippen LogP) is 4.40. The summed E-state index contributed by atoms with van der Waals surface area (Å²) in [5.74, 6) is 9.15. The number of nitrogens with two attached hydrogens (primary N) is 1. The smallest absolute Gasteiger partial charge is 0.279 e. The first kappa shape index (κ1) is 21.1. The molecule has 6 nitrogen and oxygen atoms in total. The van der Waals surface area contributed by atoms with Gasteiger partial charge in [0, 0.05) is 29.7 Å². The minimum atomic E-state index is -0.398. The van der Waals surface area contributed by atoms with Crippen molar-refractivity contribution in [2.24, 2.45) is 11.7 Å². The van der Waals surface area contributed by atoms with Crippen LogP contribution in [0.2, 0.25) is 0 Å². The summed E-state index contributed by atoms with van der Waals surface area (Å²) in [5.41, 5.74) is 7.91. The van der Waals surface area contributed by atoms with E-state index in [0.29, 0.717) is 18.3 Å². The van der Waals surface area contributed by atoms with Gasteiger partial charge < -0.3 is 24.7 Å². The Morgan fingerprint density at radius 3 is 2.55 bits per heavy atom. The molecule has 0 unspecified atom stereocenters. The van der Waals surface area contributed by atoms with Crippen LogP contribution in [0.15, 0.2) is 36.4 Å². The van der Waals surface area contributed by atoms with Crippen LogP contribution in [0, 0.1) is 23.2 Å². The number of amidine groups is 1. The molecule has 2 aromatic carbocycles. The fourth-order valence-electron chi connectivity index (χ4n) is 3.34. The molecule has 1 saturated carbocycles. The summed E-state index contributed by atoms with van der Waals surface area (Å²) in [7, 11) is 1.67. The topological polar surface area (TPSA) is 86.8 Å². The van der Waals surface area contributed by atoms with Gasteiger partial charge in [0.1, 0.15) is 30.5 Å². The molecule has 1 fully saturated rings. The van der Waals surface area contributed by atoms with Gasteiger partial charge >= 0.3 is 0 Å². The molecule has 4 rings (SSSR count). The third-order valence-corrected chi connectivity index (χ3v) is 5.50. The van der Waals surface area contributed by atoms with E-state index in [2.05, 4.69) is 11.8 Å². The number of rotatable bonds is 6. The average molecular weight is 421 g/mol. The van der Waals surface area contributed by atoms with Crippen molar-refractivity contribution >= 4 is 6.02 Å². The molecule has 0 spiro atoms. The molecular weight excluding hydrogens is 392 g/mol. The third kappa shape index (κ3) is 5.12. The molecule has 0 bridgehead atoms. The summed E-state index contributed by atoms with van der Waals surface area (Å²) in [5, 5.41) is 7.50. The van der Waals surface area contributed by atoms with Crippen molar-refractivity contribution in [1.82, 2.24) is 0 Å². The number of benzene rings is 2. The maximum Gasteiger partial charge on any atom is 0.279 e. The van der Waals surface area contributed by atoms with E-state index in [4.69, 9.17) is 30.1 Å². The summed E-state index contributed by atoms with van der Waals surface area (Å²) in [4.78, 5) is 0. The van der Waals surface area contributed by atoms with E-state index in [1.54, 1.807) is 7.11 Å². The zero-order valence-electron chi connectivity index (χ0n) is 18.2. The van der Waals surface area contributed by atoms with E-state index < -0.39 is 5.60 Å². The molecule has 1 heterocycles. The fourth-order valence-corrected chi connectivity index (χ4v) is 3.34. The molecule has 2 aromatic rings. The Hall–Kier alpha value is -3.17. The van der Waals surface area contributed by atoms with Crippen molar-refractivity contribution in [3.63, 3.8) is 0 Å². The van der Waals surface area contributed by atoms with E-state index in [-0.39, 0.29) is 18.5 Å². The molecule has 0 aromatic heterocycles. The Balaban J connectivity index is 1.66. The minimum Gasteiger partial charge on any atom is -0.491 e. The molecule has 1 aliphatic heterocycles. The lowest BCUT2D eigenvalue weighted by molar-refractivity contribution is -0.0147. The number of fused-ring (bicyclic) bond motifs is 2. The number of nitrogens with one attached hydrogen (secondary N) is 1. The molecule has 0 saturated heterocycles. The van der Waals surface area contributed by atoms with Crippen LogP contribution in [0.25, 0.3) is 0 Å². The van der Waals surface area contributed by atoms with Crippen molar-refractivity contribution in [2.45, 2.75) is 38.2 Å². The minimum absolute atomic E-state index is 0.163. The Kier molecular flexibility index (Phi) is 5.79. The maximum atomic E-state index is 7.50. The monoisotopic (exact) mass is 420 g/mol. The second-order valence-corrected chi connectivity index (χ2v) is 8.58. The summed E-state index contributed by atoms with van der Waals surface area (Å²) < 4.78 is 23.0. The standard InChI is InChI=1S/C25H28N2O4/c1-25(2,28-3)15-30-18-9-11-23-20(13-18)21(14-29-24(26)27)19-12-17(7-6-16-4-5-16)8-10-22(19)31-23/h8-13,16,21H,4-5,14-15H2,1-3H3,(H3,26,27)/t21-/m1/s1. The summed E-state index contributed by atoms with van der Waals surface area (Å²) in [6.45, 7) is 4.58. The second kappa shape index (κ2) is 8.52. The number of hydrogen-bond acceptors (Lipinski definition) is 5. The largest absolute Gasteiger partial charge is 0.491 e. The molecule has 1 atom stereocenters. The van der Waals surface area contributed by atoms with Crippen molar-refractivity contribution < 1.29 is 18.9 Å². The van der Waals surface area contributed by atoms with Gasteiger partial charge in [0.15, 0.2) is 0 Å². The highest BCUT2D eigenvalue weighted by Gasteiger charge is 2.29. The highest BCUT2D eigenvalue weighted by molar-refractivity contribution is 5.68. The van der Waals surface area contributed by atoms with Crippen molar-refractivity contribution in [3.8, 4) is 29.1 Å². The highest BCUT2D eigenvalue weighted by atomic mass is 16.5.